The van der Waals surface area contributed by atoms with Crippen LogP contribution < -0.4 is 10.1 Å². The molecule has 0 aliphatic rings. The number of methoxy groups -OCH3 is 1. The molecule has 0 radical (unpaired) electrons. The lowest BCUT2D eigenvalue weighted by atomic mass is 10.1. The quantitative estimate of drug-likeness (QED) is 0.457. The number of esters is 1. The number of carbonyl (C=O) groups excluding carboxylic acids is 2. The molecule has 1 N–H and O–H groups in total. The Kier molecular flexibility index (Phi) is 6.56. The number of aromatic nitrogens is 2. The fraction of sp³-hybridized carbons (Fsp3) is 0.333. The summed E-state index contributed by atoms with van der Waals surface area (Å²) in [5.74, 6) is 0.193. The summed E-state index contributed by atoms with van der Waals surface area (Å²) in [7, 11) is 1.56. The van der Waals surface area contributed by atoms with Gasteiger partial charge in [-0.15, -0.1) is 10.2 Å². The minimum Gasteiger partial charge on any atom is -0.496 e. The first-order chi connectivity index (χ1) is 11.5. The molecule has 9 heteroatoms. The molecule has 0 fully saturated rings. The van der Waals surface area contributed by atoms with Gasteiger partial charge in [-0.1, -0.05) is 29.2 Å². The minimum atomic E-state index is -0.310. The SMILES string of the molecule is CCOC(=O)CSc1nnc(NC(=O)c2ccc(C)c(OC)c2)s1. The molecule has 0 aliphatic carbocycles. The Labute approximate surface area is 147 Å². The summed E-state index contributed by atoms with van der Waals surface area (Å²) in [5.41, 5.74) is 1.41. The second-order valence-corrected chi connectivity index (χ2v) is 6.81. The van der Waals surface area contributed by atoms with Crippen molar-refractivity contribution in [3.05, 3.63) is 29.3 Å². The van der Waals surface area contributed by atoms with Crippen molar-refractivity contribution in [2.45, 2.75) is 18.2 Å². The normalized spacial score (nSPS) is 10.3. The summed E-state index contributed by atoms with van der Waals surface area (Å²) in [6.07, 6.45) is 0. The zero-order valence-electron chi connectivity index (χ0n) is 13.5. The van der Waals surface area contributed by atoms with E-state index in [1.54, 1.807) is 26.2 Å². The number of benzene rings is 1. The van der Waals surface area contributed by atoms with Crippen molar-refractivity contribution in [1.82, 2.24) is 10.2 Å². The van der Waals surface area contributed by atoms with Crippen LogP contribution in [0.4, 0.5) is 5.13 Å². The fourth-order valence-electron chi connectivity index (χ4n) is 1.77. The van der Waals surface area contributed by atoms with Gasteiger partial charge in [-0.3, -0.25) is 14.9 Å². The fourth-order valence-corrected chi connectivity index (χ4v) is 3.32. The molecule has 1 aromatic carbocycles. The Bertz CT molecular complexity index is 733. The van der Waals surface area contributed by atoms with Crippen molar-refractivity contribution in [3.8, 4) is 5.75 Å². The van der Waals surface area contributed by atoms with Crippen molar-refractivity contribution in [3.63, 3.8) is 0 Å². The van der Waals surface area contributed by atoms with E-state index in [1.807, 2.05) is 13.0 Å². The molecular formula is C15H17N3O4S2. The van der Waals surface area contributed by atoms with Crippen LogP contribution in [0.5, 0.6) is 5.75 Å². The molecule has 128 valence electrons. The predicted octanol–water partition coefficient (Wildman–Crippen LogP) is 2.76. The van der Waals surface area contributed by atoms with Gasteiger partial charge in [0.1, 0.15) is 5.75 Å². The van der Waals surface area contributed by atoms with Gasteiger partial charge in [0.15, 0.2) is 4.34 Å². The molecule has 0 spiro atoms. The van der Waals surface area contributed by atoms with E-state index in [4.69, 9.17) is 9.47 Å². The van der Waals surface area contributed by atoms with E-state index in [0.29, 0.717) is 27.4 Å². The molecular weight excluding hydrogens is 350 g/mol. The first-order valence-corrected chi connectivity index (χ1v) is 8.91. The highest BCUT2D eigenvalue weighted by Crippen LogP contribution is 2.26. The lowest BCUT2D eigenvalue weighted by Gasteiger charge is -2.07. The van der Waals surface area contributed by atoms with E-state index < -0.39 is 0 Å². The molecule has 7 nitrogen and oxygen atoms in total. The number of hydrogen-bond acceptors (Lipinski definition) is 8. The van der Waals surface area contributed by atoms with E-state index in [-0.39, 0.29) is 17.6 Å². The van der Waals surface area contributed by atoms with Crippen molar-refractivity contribution >= 4 is 40.1 Å². The number of nitrogens with zero attached hydrogens (tertiary/aromatic N) is 2. The van der Waals surface area contributed by atoms with Gasteiger partial charge < -0.3 is 9.47 Å². The third-order valence-corrected chi connectivity index (χ3v) is 4.86. The van der Waals surface area contributed by atoms with Crippen molar-refractivity contribution < 1.29 is 19.1 Å². The Morgan fingerprint density at radius 3 is 2.83 bits per heavy atom. The highest BCUT2D eigenvalue weighted by atomic mass is 32.2. The average molecular weight is 367 g/mol. The number of rotatable bonds is 7. The molecule has 2 rings (SSSR count). The van der Waals surface area contributed by atoms with Gasteiger partial charge in [0.25, 0.3) is 5.91 Å². The van der Waals surface area contributed by atoms with Gasteiger partial charge in [-0.2, -0.15) is 0 Å². The monoisotopic (exact) mass is 367 g/mol. The van der Waals surface area contributed by atoms with Crippen LogP contribution in [-0.2, 0) is 9.53 Å². The first-order valence-electron chi connectivity index (χ1n) is 7.11. The predicted molar refractivity (Wildman–Crippen MR) is 93.0 cm³/mol. The van der Waals surface area contributed by atoms with Crippen LogP contribution in [0.15, 0.2) is 22.5 Å². The maximum Gasteiger partial charge on any atom is 0.316 e. The highest BCUT2D eigenvalue weighted by Gasteiger charge is 2.13. The number of anilines is 1. The summed E-state index contributed by atoms with van der Waals surface area (Å²) >= 11 is 2.42. The smallest absolute Gasteiger partial charge is 0.316 e. The summed E-state index contributed by atoms with van der Waals surface area (Å²) in [6.45, 7) is 4.00. The summed E-state index contributed by atoms with van der Waals surface area (Å²) in [5, 5.41) is 10.9. The van der Waals surface area contributed by atoms with Crippen LogP contribution in [-0.4, -0.2) is 41.5 Å². The van der Waals surface area contributed by atoms with Crippen molar-refractivity contribution in [1.29, 1.82) is 0 Å². The molecule has 0 aliphatic heterocycles. The lowest BCUT2D eigenvalue weighted by Crippen LogP contribution is -2.12. The summed E-state index contributed by atoms with van der Waals surface area (Å²) in [6, 6.07) is 5.20. The third kappa shape index (κ3) is 4.93. The highest BCUT2D eigenvalue weighted by molar-refractivity contribution is 8.01. The van der Waals surface area contributed by atoms with Crippen LogP contribution >= 0.6 is 23.1 Å². The molecule has 0 saturated heterocycles. The van der Waals surface area contributed by atoms with Gasteiger partial charge in [0, 0.05) is 5.56 Å². The number of amides is 1. The second-order valence-electron chi connectivity index (χ2n) is 4.61. The standard InChI is InChI=1S/C15H17N3O4S2/c1-4-22-12(19)8-23-15-18-17-14(24-15)16-13(20)10-6-5-9(2)11(7-10)21-3/h5-7H,4,8H2,1-3H3,(H,16,17,20). The van der Waals surface area contributed by atoms with E-state index >= 15 is 0 Å². The maximum atomic E-state index is 12.2. The zero-order chi connectivity index (χ0) is 17.5. The van der Waals surface area contributed by atoms with Crippen LogP contribution in [0.1, 0.15) is 22.8 Å². The van der Waals surface area contributed by atoms with Gasteiger partial charge in [0.05, 0.1) is 19.5 Å². The van der Waals surface area contributed by atoms with Crippen molar-refractivity contribution in [2.24, 2.45) is 0 Å². The van der Waals surface area contributed by atoms with Crippen LogP contribution in [0.2, 0.25) is 0 Å². The molecule has 0 saturated carbocycles. The third-order valence-electron chi connectivity index (χ3n) is 2.92. The van der Waals surface area contributed by atoms with Crippen molar-refractivity contribution in [2.75, 3.05) is 24.8 Å². The molecule has 0 unspecified atom stereocenters. The number of ether oxygens (including phenoxy) is 2. The van der Waals surface area contributed by atoms with E-state index in [2.05, 4.69) is 15.5 Å². The van der Waals surface area contributed by atoms with Crippen LogP contribution in [0.3, 0.4) is 0 Å². The Morgan fingerprint density at radius 2 is 2.12 bits per heavy atom. The lowest BCUT2D eigenvalue weighted by molar-refractivity contribution is -0.139. The molecule has 2 aromatic rings. The number of hydrogen-bond donors (Lipinski definition) is 1. The molecule has 1 heterocycles. The second kappa shape index (κ2) is 8.65. The number of thioether (sulfide) groups is 1. The van der Waals surface area contributed by atoms with Gasteiger partial charge in [-0.05, 0) is 31.5 Å². The Balaban J connectivity index is 1.96. The molecule has 1 amide bonds. The van der Waals surface area contributed by atoms with Gasteiger partial charge >= 0.3 is 5.97 Å². The minimum absolute atomic E-state index is 0.158. The van der Waals surface area contributed by atoms with E-state index in [0.717, 1.165) is 5.56 Å². The zero-order valence-corrected chi connectivity index (χ0v) is 15.1. The molecule has 24 heavy (non-hydrogen) atoms. The topological polar surface area (TPSA) is 90.4 Å². The maximum absolute atomic E-state index is 12.2. The number of nitrogens with one attached hydrogen (secondary N) is 1. The van der Waals surface area contributed by atoms with E-state index in [1.165, 1.54) is 23.1 Å². The van der Waals surface area contributed by atoms with E-state index in [9.17, 15) is 9.59 Å². The summed E-state index contributed by atoms with van der Waals surface area (Å²) in [4.78, 5) is 23.6. The van der Waals surface area contributed by atoms with Gasteiger partial charge in [0.2, 0.25) is 5.13 Å². The average Bonchev–Trinajstić information content (AvgIpc) is 3.01. The Hall–Kier alpha value is -2.13. The molecule has 1 aromatic heterocycles. The number of aryl methyl sites for hydroxylation is 1. The number of carbonyl (C=O) groups is 2. The molecule has 0 atom stereocenters. The summed E-state index contributed by atoms with van der Waals surface area (Å²) < 4.78 is 10.6. The molecule has 0 bridgehead atoms. The van der Waals surface area contributed by atoms with Crippen LogP contribution in [0.25, 0.3) is 0 Å². The first kappa shape index (κ1) is 18.2. The van der Waals surface area contributed by atoms with Crippen LogP contribution in [0, 0.1) is 6.92 Å². The Morgan fingerprint density at radius 1 is 1.33 bits per heavy atom. The van der Waals surface area contributed by atoms with Gasteiger partial charge in [-0.25, -0.2) is 0 Å². The largest absolute Gasteiger partial charge is 0.496 e.